The third-order valence-corrected chi connectivity index (χ3v) is 7.82. The maximum absolute atomic E-state index is 15.4. The van der Waals surface area contributed by atoms with Gasteiger partial charge >= 0.3 is 5.69 Å². The van der Waals surface area contributed by atoms with Crippen molar-refractivity contribution in [1.29, 1.82) is 0 Å². The van der Waals surface area contributed by atoms with Crippen molar-refractivity contribution >= 4 is 16.6 Å². The van der Waals surface area contributed by atoms with E-state index in [-0.39, 0.29) is 17.0 Å². The van der Waals surface area contributed by atoms with E-state index in [2.05, 4.69) is 26.6 Å². The summed E-state index contributed by atoms with van der Waals surface area (Å²) in [6.45, 7) is 14.9. The lowest BCUT2D eigenvalue weighted by Crippen LogP contribution is -2.45. The zero-order chi connectivity index (χ0) is 22.6. The molecule has 0 bridgehead atoms. The smallest absolute Gasteiger partial charge is 0.329 e. The Morgan fingerprint density at radius 2 is 2.06 bits per heavy atom. The largest absolute Gasteiger partial charge is 0.369 e. The van der Waals surface area contributed by atoms with Gasteiger partial charge in [-0.05, 0) is 57.6 Å². The summed E-state index contributed by atoms with van der Waals surface area (Å²) in [6.07, 6.45) is 5.05. The SMILES string of the molecule is [C-]#[N+]CCN(CC)C1(C2CCN(c3c(F)cc4c(=O)[nH]c(=O)n(C5CC5)c4c3C)C2)CC1. The van der Waals surface area contributed by atoms with Crippen LogP contribution in [0.1, 0.15) is 50.6 Å². The summed E-state index contributed by atoms with van der Waals surface area (Å²) >= 11 is 0. The number of rotatable bonds is 7. The Balaban J connectivity index is 1.51. The highest BCUT2D eigenvalue weighted by molar-refractivity contribution is 5.87. The topological polar surface area (TPSA) is 65.7 Å². The first-order valence-corrected chi connectivity index (χ1v) is 11.7. The molecular weight excluding hydrogens is 409 g/mol. The molecule has 3 aliphatic rings. The second-order valence-electron chi connectivity index (χ2n) is 9.59. The normalized spacial score (nSPS) is 22.0. The van der Waals surface area contributed by atoms with Crippen LogP contribution in [-0.2, 0) is 0 Å². The van der Waals surface area contributed by atoms with Gasteiger partial charge in [0, 0.05) is 30.2 Å². The van der Waals surface area contributed by atoms with Crippen LogP contribution in [0.4, 0.5) is 10.1 Å². The minimum atomic E-state index is -0.523. The first-order valence-electron chi connectivity index (χ1n) is 11.7. The van der Waals surface area contributed by atoms with Crippen LogP contribution < -0.4 is 16.1 Å². The summed E-state index contributed by atoms with van der Waals surface area (Å²) in [5, 5.41) is 0.251. The number of hydrogen-bond donors (Lipinski definition) is 1. The fourth-order valence-electron chi connectivity index (χ4n) is 6.01. The molecule has 1 aromatic heterocycles. The zero-order valence-corrected chi connectivity index (χ0v) is 18.8. The molecule has 2 heterocycles. The average molecular weight is 440 g/mol. The van der Waals surface area contributed by atoms with E-state index in [1.807, 2.05) is 6.92 Å². The molecule has 170 valence electrons. The third-order valence-electron chi connectivity index (χ3n) is 7.82. The van der Waals surface area contributed by atoms with Crippen LogP contribution in [0.25, 0.3) is 15.7 Å². The van der Waals surface area contributed by atoms with Gasteiger partial charge in [-0.2, -0.15) is 0 Å². The lowest BCUT2D eigenvalue weighted by Gasteiger charge is -2.34. The Hall–Kier alpha value is -2.66. The van der Waals surface area contributed by atoms with Gasteiger partial charge in [0.15, 0.2) is 0 Å². The Bertz CT molecular complexity index is 1220. The number of aromatic amines is 1. The number of aromatic nitrogens is 2. The van der Waals surface area contributed by atoms with Crippen LogP contribution in [0.15, 0.2) is 15.7 Å². The van der Waals surface area contributed by atoms with Crippen molar-refractivity contribution in [2.45, 2.75) is 57.5 Å². The van der Waals surface area contributed by atoms with Crippen molar-refractivity contribution < 1.29 is 4.39 Å². The number of likely N-dealkylation sites (N-methyl/N-ethyl adjacent to an activating group) is 1. The van der Waals surface area contributed by atoms with Crippen molar-refractivity contribution in [2.24, 2.45) is 5.92 Å². The number of H-pyrrole nitrogens is 1. The minimum Gasteiger partial charge on any atom is -0.369 e. The molecule has 2 saturated carbocycles. The number of fused-ring (bicyclic) bond motifs is 1. The number of hydrogen-bond acceptors (Lipinski definition) is 4. The van der Waals surface area contributed by atoms with Gasteiger partial charge in [0.2, 0.25) is 6.54 Å². The number of nitrogens with one attached hydrogen (secondary N) is 1. The van der Waals surface area contributed by atoms with Crippen LogP contribution in [0.5, 0.6) is 0 Å². The van der Waals surface area contributed by atoms with Gasteiger partial charge in [0.05, 0.1) is 23.1 Å². The Labute approximate surface area is 186 Å². The van der Waals surface area contributed by atoms with Gasteiger partial charge in [-0.15, -0.1) is 0 Å². The quantitative estimate of drug-likeness (QED) is 0.674. The summed E-state index contributed by atoms with van der Waals surface area (Å²) in [5.41, 5.74) is 0.989. The van der Waals surface area contributed by atoms with Gasteiger partial charge < -0.3 is 9.74 Å². The predicted octanol–water partition coefficient (Wildman–Crippen LogP) is 3.07. The highest BCUT2D eigenvalue weighted by Crippen LogP contribution is 2.51. The van der Waals surface area contributed by atoms with E-state index in [0.717, 1.165) is 58.3 Å². The van der Waals surface area contributed by atoms with Gasteiger partial charge in [-0.1, -0.05) is 6.92 Å². The van der Waals surface area contributed by atoms with Gasteiger partial charge in [0.1, 0.15) is 5.82 Å². The highest BCUT2D eigenvalue weighted by Gasteiger charge is 2.54. The molecule has 2 aliphatic carbocycles. The standard InChI is InChI=1S/C24H30FN5O2/c1-4-29(12-10-26-3)24(8-9-24)16-7-11-28(14-16)21-15(2)20-18(13-19(21)25)22(31)27-23(32)30(20)17-5-6-17/h13,16-17H,4-12,14H2,1-2H3,(H,27,31,32). The molecule has 5 rings (SSSR count). The molecule has 7 nitrogen and oxygen atoms in total. The average Bonchev–Trinajstić information content (AvgIpc) is 3.69. The summed E-state index contributed by atoms with van der Waals surface area (Å²) in [6, 6.07) is 1.39. The van der Waals surface area contributed by atoms with E-state index in [0.29, 0.717) is 29.2 Å². The van der Waals surface area contributed by atoms with Crippen molar-refractivity contribution in [3.05, 3.63) is 49.7 Å². The first kappa shape index (κ1) is 21.2. The van der Waals surface area contributed by atoms with Crippen molar-refractivity contribution in [3.63, 3.8) is 0 Å². The van der Waals surface area contributed by atoms with E-state index in [4.69, 9.17) is 6.57 Å². The van der Waals surface area contributed by atoms with E-state index in [1.54, 1.807) is 4.57 Å². The Morgan fingerprint density at radius 1 is 1.31 bits per heavy atom. The maximum Gasteiger partial charge on any atom is 0.329 e. The van der Waals surface area contributed by atoms with E-state index in [9.17, 15) is 9.59 Å². The second-order valence-corrected chi connectivity index (χ2v) is 9.59. The van der Waals surface area contributed by atoms with E-state index < -0.39 is 17.1 Å². The summed E-state index contributed by atoms with van der Waals surface area (Å²) in [7, 11) is 0. The van der Waals surface area contributed by atoms with Crippen LogP contribution in [0.3, 0.4) is 0 Å². The number of nitrogens with zero attached hydrogens (tertiary/aromatic N) is 4. The summed E-state index contributed by atoms with van der Waals surface area (Å²) in [4.78, 5) is 35.5. The molecule has 8 heteroatoms. The monoisotopic (exact) mass is 439 g/mol. The second kappa shape index (κ2) is 7.73. The maximum atomic E-state index is 15.4. The molecule has 0 amide bonds. The Morgan fingerprint density at radius 3 is 2.69 bits per heavy atom. The van der Waals surface area contributed by atoms with Crippen molar-refractivity contribution in [3.8, 4) is 0 Å². The summed E-state index contributed by atoms with van der Waals surface area (Å²) < 4.78 is 17.0. The van der Waals surface area contributed by atoms with Gasteiger partial charge in [-0.25, -0.2) is 15.8 Å². The fraction of sp³-hybridized carbons (Fsp3) is 0.625. The van der Waals surface area contributed by atoms with Crippen LogP contribution in [0.2, 0.25) is 0 Å². The third kappa shape index (κ3) is 3.25. The van der Waals surface area contributed by atoms with Crippen LogP contribution in [0, 0.1) is 25.2 Å². The molecule has 32 heavy (non-hydrogen) atoms. The molecule has 1 saturated heterocycles. The van der Waals surface area contributed by atoms with Crippen LogP contribution in [-0.4, -0.2) is 52.7 Å². The summed E-state index contributed by atoms with van der Waals surface area (Å²) in [5.74, 6) is 0.0276. The molecule has 2 aromatic rings. The lowest BCUT2D eigenvalue weighted by atomic mass is 9.94. The molecule has 1 unspecified atom stereocenters. The van der Waals surface area contributed by atoms with Gasteiger partial charge in [0.25, 0.3) is 5.56 Å². The minimum absolute atomic E-state index is 0.0838. The molecule has 1 N–H and O–H groups in total. The van der Waals surface area contributed by atoms with Crippen molar-refractivity contribution in [2.75, 3.05) is 37.6 Å². The molecule has 1 atom stereocenters. The van der Waals surface area contributed by atoms with Gasteiger partial charge in [-0.3, -0.25) is 19.2 Å². The molecular formula is C24H30FN5O2. The number of anilines is 1. The van der Waals surface area contributed by atoms with E-state index in [1.165, 1.54) is 6.07 Å². The molecule has 0 radical (unpaired) electrons. The van der Waals surface area contributed by atoms with Crippen molar-refractivity contribution in [1.82, 2.24) is 14.5 Å². The molecule has 1 aliphatic heterocycles. The first-order chi connectivity index (χ1) is 15.4. The number of aryl methyl sites for hydroxylation is 1. The zero-order valence-electron chi connectivity index (χ0n) is 18.8. The predicted molar refractivity (Wildman–Crippen MR) is 123 cm³/mol. The number of halogens is 1. The number of benzene rings is 1. The Kier molecular flexibility index (Phi) is 5.12. The fourth-order valence-corrected chi connectivity index (χ4v) is 6.01. The molecule has 3 fully saturated rings. The molecule has 1 aromatic carbocycles. The highest BCUT2D eigenvalue weighted by atomic mass is 19.1. The van der Waals surface area contributed by atoms with E-state index >= 15 is 4.39 Å². The molecule has 0 spiro atoms. The van der Waals surface area contributed by atoms with Crippen LogP contribution >= 0.6 is 0 Å². The lowest BCUT2D eigenvalue weighted by molar-refractivity contribution is 0.140.